The van der Waals surface area contributed by atoms with Crippen molar-refractivity contribution in [2.75, 3.05) is 0 Å². The van der Waals surface area contributed by atoms with Crippen molar-refractivity contribution in [3.8, 4) is 0 Å². The van der Waals surface area contributed by atoms with Crippen LogP contribution in [-0.2, 0) is 6.42 Å². The fraction of sp³-hybridized carbons (Fsp3) is 0.0714. The first-order valence-electron chi connectivity index (χ1n) is 5.39. The molecule has 0 N–H and O–H groups in total. The number of halogens is 4. The van der Waals surface area contributed by atoms with Crippen LogP contribution in [0.25, 0.3) is 0 Å². The van der Waals surface area contributed by atoms with Gasteiger partial charge in [-0.15, -0.1) is 0 Å². The van der Waals surface area contributed by atoms with Gasteiger partial charge in [0.25, 0.3) is 0 Å². The van der Waals surface area contributed by atoms with Crippen LogP contribution >= 0.6 is 15.9 Å². The highest BCUT2D eigenvalue weighted by molar-refractivity contribution is 9.10. The average Bonchev–Trinajstić information content (AvgIpc) is 2.26. The highest BCUT2D eigenvalue weighted by Gasteiger charge is 2.16. The molecule has 0 aromatic heterocycles. The SMILES string of the molecule is O=C(Cc1cc(F)cc(F)c1)c1c(F)cccc1Br. The molecular formula is C14H8BrF3O. The van der Waals surface area contributed by atoms with Gasteiger partial charge in [-0.25, -0.2) is 13.2 Å². The lowest BCUT2D eigenvalue weighted by Crippen LogP contribution is -2.07. The quantitative estimate of drug-likeness (QED) is 0.768. The molecule has 2 aromatic carbocycles. The topological polar surface area (TPSA) is 17.1 Å². The van der Waals surface area contributed by atoms with Crippen LogP contribution in [0.1, 0.15) is 15.9 Å². The minimum absolute atomic E-state index is 0.118. The van der Waals surface area contributed by atoms with Crippen LogP contribution in [0.4, 0.5) is 13.2 Å². The lowest BCUT2D eigenvalue weighted by molar-refractivity contribution is 0.0988. The zero-order valence-electron chi connectivity index (χ0n) is 9.59. The molecule has 0 amide bonds. The molecule has 0 fully saturated rings. The molecule has 19 heavy (non-hydrogen) atoms. The summed E-state index contributed by atoms with van der Waals surface area (Å²) in [5, 5.41) is 0. The maximum atomic E-state index is 13.6. The van der Waals surface area contributed by atoms with Crippen molar-refractivity contribution < 1.29 is 18.0 Å². The lowest BCUT2D eigenvalue weighted by atomic mass is 10.0. The number of benzene rings is 2. The van der Waals surface area contributed by atoms with Gasteiger partial charge < -0.3 is 0 Å². The number of carbonyl (C=O) groups excluding carboxylic acids is 1. The first-order valence-corrected chi connectivity index (χ1v) is 6.19. The summed E-state index contributed by atoms with van der Waals surface area (Å²) in [5.41, 5.74) is 0.0461. The summed E-state index contributed by atoms with van der Waals surface area (Å²) >= 11 is 3.08. The largest absolute Gasteiger partial charge is 0.294 e. The predicted octanol–water partition coefficient (Wildman–Crippen LogP) is 4.29. The molecule has 5 heteroatoms. The van der Waals surface area contributed by atoms with Crippen molar-refractivity contribution >= 4 is 21.7 Å². The van der Waals surface area contributed by atoms with Crippen molar-refractivity contribution in [3.05, 3.63) is 69.4 Å². The van der Waals surface area contributed by atoms with Gasteiger partial charge in [-0.05, 0) is 45.8 Å². The van der Waals surface area contributed by atoms with Gasteiger partial charge in [0, 0.05) is 17.0 Å². The Hall–Kier alpha value is -1.62. The lowest BCUT2D eigenvalue weighted by Gasteiger charge is -2.05. The van der Waals surface area contributed by atoms with Gasteiger partial charge in [-0.2, -0.15) is 0 Å². The second kappa shape index (κ2) is 5.57. The standard InChI is InChI=1S/C14H8BrF3O/c15-11-2-1-3-12(18)14(11)13(19)6-8-4-9(16)7-10(17)5-8/h1-5,7H,6H2. The molecule has 0 aliphatic heterocycles. The molecule has 1 nitrogen and oxygen atoms in total. The van der Waals surface area contributed by atoms with Gasteiger partial charge in [-0.3, -0.25) is 4.79 Å². The second-order valence-corrected chi connectivity index (χ2v) is 4.83. The minimum Gasteiger partial charge on any atom is -0.294 e. The van der Waals surface area contributed by atoms with E-state index in [2.05, 4.69) is 15.9 Å². The van der Waals surface area contributed by atoms with Crippen LogP contribution in [0.2, 0.25) is 0 Å². The third-order valence-corrected chi connectivity index (χ3v) is 3.19. The highest BCUT2D eigenvalue weighted by Crippen LogP contribution is 2.22. The first-order chi connectivity index (χ1) is 8.97. The number of carbonyl (C=O) groups is 1. The van der Waals surface area contributed by atoms with Gasteiger partial charge in [0.15, 0.2) is 5.78 Å². The summed E-state index contributed by atoms with van der Waals surface area (Å²) < 4.78 is 39.9. The normalized spacial score (nSPS) is 10.5. The number of rotatable bonds is 3. The fourth-order valence-electron chi connectivity index (χ4n) is 1.75. The highest BCUT2D eigenvalue weighted by atomic mass is 79.9. The Morgan fingerprint density at radius 2 is 1.68 bits per heavy atom. The zero-order valence-corrected chi connectivity index (χ0v) is 11.2. The van der Waals surface area contributed by atoms with Gasteiger partial charge >= 0.3 is 0 Å². The molecule has 0 aliphatic rings. The van der Waals surface area contributed by atoms with Crippen LogP contribution in [0.15, 0.2) is 40.9 Å². The van der Waals surface area contributed by atoms with Crippen LogP contribution < -0.4 is 0 Å². The molecule has 0 aliphatic carbocycles. The Kier molecular flexibility index (Phi) is 4.04. The van der Waals surface area contributed by atoms with E-state index >= 15 is 0 Å². The van der Waals surface area contributed by atoms with E-state index in [4.69, 9.17) is 0 Å². The van der Waals surface area contributed by atoms with E-state index < -0.39 is 23.2 Å². The Morgan fingerprint density at radius 3 is 2.26 bits per heavy atom. The summed E-state index contributed by atoms with van der Waals surface area (Å²) in [6.07, 6.45) is -0.270. The Morgan fingerprint density at radius 1 is 1.05 bits per heavy atom. The van der Waals surface area contributed by atoms with Gasteiger partial charge in [0.1, 0.15) is 17.5 Å². The smallest absolute Gasteiger partial charge is 0.171 e. The summed E-state index contributed by atoms with van der Waals surface area (Å²) in [7, 11) is 0. The number of hydrogen-bond acceptors (Lipinski definition) is 1. The summed E-state index contributed by atoms with van der Waals surface area (Å²) in [4.78, 5) is 12.0. The van der Waals surface area contributed by atoms with Crippen molar-refractivity contribution in [2.24, 2.45) is 0 Å². The van der Waals surface area contributed by atoms with E-state index in [9.17, 15) is 18.0 Å². The molecule has 0 spiro atoms. The van der Waals surface area contributed by atoms with E-state index in [0.717, 1.165) is 18.2 Å². The molecule has 0 atom stereocenters. The summed E-state index contributed by atoms with van der Waals surface area (Å²) in [5.74, 6) is -2.75. The Bertz CT molecular complexity index is 600. The molecule has 2 rings (SSSR count). The zero-order chi connectivity index (χ0) is 14.0. The molecule has 0 unspecified atom stereocenters. The molecule has 0 heterocycles. The van der Waals surface area contributed by atoms with Gasteiger partial charge in [0.2, 0.25) is 0 Å². The van der Waals surface area contributed by atoms with E-state index in [1.54, 1.807) is 0 Å². The molecule has 0 radical (unpaired) electrons. The van der Waals surface area contributed by atoms with E-state index in [1.807, 2.05) is 0 Å². The minimum atomic E-state index is -0.768. The van der Waals surface area contributed by atoms with Gasteiger partial charge in [0.05, 0.1) is 5.56 Å². The fourth-order valence-corrected chi connectivity index (χ4v) is 2.31. The summed E-state index contributed by atoms with van der Waals surface area (Å²) in [6.45, 7) is 0. The second-order valence-electron chi connectivity index (χ2n) is 3.97. The van der Waals surface area contributed by atoms with Crippen molar-refractivity contribution in [1.29, 1.82) is 0 Å². The van der Waals surface area contributed by atoms with Crippen molar-refractivity contribution in [3.63, 3.8) is 0 Å². The maximum absolute atomic E-state index is 13.6. The van der Waals surface area contributed by atoms with Crippen molar-refractivity contribution in [1.82, 2.24) is 0 Å². The van der Waals surface area contributed by atoms with E-state index in [1.165, 1.54) is 12.1 Å². The first kappa shape index (κ1) is 13.8. The van der Waals surface area contributed by atoms with Crippen molar-refractivity contribution in [2.45, 2.75) is 6.42 Å². The summed E-state index contributed by atoms with van der Waals surface area (Å²) in [6, 6.07) is 6.96. The molecule has 0 saturated carbocycles. The molecule has 0 saturated heterocycles. The molecule has 98 valence electrons. The molecule has 0 bridgehead atoms. The van der Waals surface area contributed by atoms with Gasteiger partial charge in [-0.1, -0.05) is 6.07 Å². The predicted molar refractivity (Wildman–Crippen MR) is 68.5 cm³/mol. The molecule has 2 aromatic rings. The maximum Gasteiger partial charge on any atom is 0.171 e. The number of Topliss-reactive ketones (excluding diaryl/α,β-unsaturated/α-hetero) is 1. The monoisotopic (exact) mass is 328 g/mol. The third-order valence-electron chi connectivity index (χ3n) is 2.53. The van der Waals surface area contributed by atoms with E-state index in [0.29, 0.717) is 10.5 Å². The van der Waals surface area contributed by atoms with Crippen LogP contribution in [0, 0.1) is 17.5 Å². The number of ketones is 1. The van der Waals surface area contributed by atoms with Crippen LogP contribution in [-0.4, -0.2) is 5.78 Å². The van der Waals surface area contributed by atoms with E-state index in [-0.39, 0.29) is 17.5 Å². The van der Waals surface area contributed by atoms with Crippen LogP contribution in [0.5, 0.6) is 0 Å². The van der Waals surface area contributed by atoms with Crippen LogP contribution in [0.3, 0.4) is 0 Å². The molecular weight excluding hydrogens is 321 g/mol. The Balaban J connectivity index is 2.31. The average molecular weight is 329 g/mol. The number of hydrogen-bond donors (Lipinski definition) is 0. The Labute approximate surface area is 116 Å². The third kappa shape index (κ3) is 3.23.